The van der Waals surface area contributed by atoms with Gasteiger partial charge in [-0.05, 0) is 35.7 Å². The van der Waals surface area contributed by atoms with Gasteiger partial charge < -0.3 is 0 Å². The highest BCUT2D eigenvalue weighted by atomic mass is 79.9. The minimum Gasteiger partial charge on any atom is -0.299 e. The van der Waals surface area contributed by atoms with Crippen LogP contribution in [0, 0.1) is 0 Å². The van der Waals surface area contributed by atoms with E-state index in [-0.39, 0.29) is 5.78 Å². The lowest BCUT2D eigenvalue weighted by Crippen LogP contribution is -2.04. The Labute approximate surface area is 115 Å². The Morgan fingerprint density at radius 3 is 2.72 bits per heavy atom. The number of hydrogen-bond donors (Lipinski definition) is 0. The monoisotopic (exact) mass is 303 g/mol. The van der Waals surface area contributed by atoms with Gasteiger partial charge in [0, 0.05) is 29.7 Å². The maximum atomic E-state index is 11.9. The smallest absolute Gasteiger partial charge is 0.137 e. The van der Waals surface area contributed by atoms with Crippen LogP contribution in [0.1, 0.15) is 17.5 Å². The minimum atomic E-state index is 0.261. The number of carbonyl (C=O) groups excluding carboxylic acids is 1. The number of nitrogens with zero attached hydrogens (tertiary/aromatic N) is 1. The molecule has 2 rings (SSSR count). The molecule has 0 radical (unpaired) electrons. The van der Waals surface area contributed by atoms with E-state index in [0.29, 0.717) is 12.8 Å². The van der Waals surface area contributed by atoms with Crippen molar-refractivity contribution in [2.45, 2.75) is 19.3 Å². The van der Waals surface area contributed by atoms with Crippen molar-refractivity contribution in [3.8, 4) is 0 Å². The van der Waals surface area contributed by atoms with Crippen molar-refractivity contribution in [2.75, 3.05) is 0 Å². The first-order valence-electron chi connectivity index (χ1n) is 5.89. The molecule has 0 atom stereocenters. The fraction of sp³-hybridized carbons (Fsp3) is 0.200. The van der Waals surface area contributed by atoms with E-state index < -0.39 is 0 Å². The van der Waals surface area contributed by atoms with Crippen LogP contribution in [0.2, 0.25) is 0 Å². The molecule has 1 aromatic carbocycles. The minimum absolute atomic E-state index is 0.261. The third-order valence-corrected chi connectivity index (χ3v) is 3.20. The van der Waals surface area contributed by atoms with Crippen LogP contribution in [0.5, 0.6) is 0 Å². The standard InChI is InChI=1S/C15H14BrNO/c16-14-5-1-3-13(9-14)10-15(18)7-6-12-4-2-8-17-11-12/h1-5,8-9,11H,6-7,10H2. The van der Waals surface area contributed by atoms with E-state index in [1.165, 1.54) is 0 Å². The molecule has 18 heavy (non-hydrogen) atoms. The summed E-state index contributed by atoms with van der Waals surface area (Å²) in [5, 5.41) is 0. The molecule has 2 nitrogen and oxygen atoms in total. The molecule has 0 spiro atoms. The lowest BCUT2D eigenvalue weighted by Gasteiger charge is -2.02. The van der Waals surface area contributed by atoms with Gasteiger partial charge in [0.2, 0.25) is 0 Å². The molecule has 0 aliphatic rings. The molecule has 0 amide bonds. The highest BCUT2D eigenvalue weighted by Crippen LogP contribution is 2.13. The summed E-state index contributed by atoms with van der Waals surface area (Å²) >= 11 is 3.41. The lowest BCUT2D eigenvalue weighted by molar-refractivity contribution is -0.118. The van der Waals surface area contributed by atoms with E-state index in [1.54, 1.807) is 6.20 Å². The first kappa shape index (κ1) is 13.0. The molecule has 2 aromatic rings. The van der Waals surface area contributed by atoms with Crippen molar-refractivity contribution >= 4 is 21.7 Å². The van der Waals surface area contributed by atoms with Crippen molar-refractivity contribution in [3.63, 3.8) is 0 Å². The van der Waals surface area contributed by atoms with Gasteiger partial charge in [-0.1, -0.05) is 34.1 Å². The van der Waals surface area contributed by atoms with Gasteiger partial charge in [0.25, 0.3) is 0 Å². The van der Waals surface area contributed by atoms with E-state index in [9.17, 15) is 4.79 Å². The average Bonchev–Trinajstić information content (AvgIpc) is 2.38. The highest BCUT2D eigenvalue weighted by molar-refractivity contribution is 9.10. The van der Waals surface area contributed by atoms with Gasteiger partial charge in [-0.3, -0.25) is 9.78 Å². The summed E-state index contributed by atoms with van der Waals surface area (Å²) in [5.41, 5.74) is 2.17. The summed E-state index contributed by atoms with van der Waals surface area (Å²) in [6, 6.07) is 11.8. The zero-order valence-electron chi connectivity index (χ0n) is 9.97. The predicted octanol–water partition coefficient (Wildman–Crippen LogP) is 3.59. The maximum Gasteiger partial charge on any atom is 0.137 e. The maximum absolute atomic E-state index is 11.9. The molecule has 3 heteroatoms. The molecule has 0 aliphatic carbocycles. The second kappa shape index (κ2) is 6.45. The number of aryl methyl sites for hydroxylation is 1. The Morgan fingerprint density at radius 1 is 1.17 bits per heavy atom. The van der Waals surface area contributed by atoms with Crippen molar-refractivity contribution in [1.82, 2.24) is 4.98 Å². The van der Waals surface area contributed by atoms with Gasteiger partial charge in [0.15, 0.2) is 0 Å². The van der Waals surface area contributed by atoms with Crippen LogP contribution in [0.25, 0.3) is 0 Å². The number of hydrogen-bond acceptors (Lipinski definition) is 2. The van der Waals surface area contributed by atoms with Crippen molar-refractivity contribution in [1.29, 1.82) is 0 Å². The third-order valence-electron chi connectivity index (χ3n) is 2.71. The Hall–Kier alpha value is -1.48. The van der Waals surface area contributed by atoms with E-state index in [4.69, 9.17) is 0 Å². The third kappa shape index (κ3) is 4.08. The molecule has 1 heterocycles. The van der Waals surface area contributed by atoms with Gasteiger partial charge in [-0.25, -0.2) is 0 Å². The summed E-state index contributed by atoms with van der Waals surface area (Å²) in [4.78, 5) is 15.9. The quantitative estimate of drug-likeness (QED) is 0.845. The number of rotatable bonds is 5. The van der Waals surface area contributed by atoms with Gasteiger partial charge in [-0.2, -0.15) is 0 Å². The van der Waals surface area contributed by atoms with Crippen molar-refractivity contribution in [3.05, 3.63) is 64.4 Å². The number of Topliss-reactive ketones (excluding diaryl/α,β-unsaturated/α-hetero) is 1. The van der Waals surface area contributed by atoms with Gasteiger partial charge in [-0.15, -0.1) is 0 Å². The second-order valence-corrected chi connectivity index (χ2v) is 5.12. The molecule has 1 aromatic heterocycles. The molecular formula is C15H14BrNO. The Kier molecular flexibility index (Phi) is 4.65. The molecule has 0 saturated carbocycles. The Balaban J connectivity index is 1.86. The van der Waals surface area contributed by atoms with Crippen LogP contribution in [-0.4, -0.2) is 10.8 Å². The molecule has 0 N–H and O–H groups in total. The Morgan fingerprint density at radius 2 is 2.00 bits per heavy atom. The van der Waals surface area contributed by atoms with Crippen LogP contribution >= 0.6 is 15.9 Å². The SMILES string of the molecule is O=C(CCc1cccnc1)Cc1cccc(Br)c1. The number of carbonyl (C=O) groups is 1. The Bertz CT molecular complexity index is 525. The molecule has 0 saturated heterocycles. The summed E-state index contributed by atoms with van der Waals surface area (Å²) in [6.45, 7) is 0. The van der Waals surface area contributed by atoms with E-state index in [0.717, 1.165) is 22.0 Å². The van der Waals surface area contributed by atoms with Crippen LogP contribution in [0.3, 0.4) is 0 Å². The van der Waals surface area contributed by atoms with Crippen molar-refractivity contribution in [2.24, 2.45) is 0 Å². The molecule has 0 bridgehead atoms. The van der Waals surface area contributed by atoms with E-state index in [1.807, 2.05) is 42.6 Å². The highest BCUT2D eigenvalue weighted by Gasteiger charge is 2.04. The second-order valence-electron chi connectivity index (χ2n) is 4.21. The molecule has 0 unspecified atom stereocenters. The van der Waals surface area contributed by atoms with Crippen LogP contribution in [0.15, 0.2) is 53.3 Å². The first-order chi connectivity index (χ1) is 8.74. The molecular weight excluding hydrogens is 290 g/mol. The summed E-state index contributed by atoms with van der Waals surface area (Å²) in [7, 11) is 0. The molecule has 0 fully saturated rings. The zero-order chi connectivity index (χ0) is 12.8. The number of aromatic nitrogens is 1. The van der Waals surface area contributed by atoms with Gasteiger partial charge >= 0.3 is 0 Å². The summed E-state index contributed by atoms with van der Waals surface area (Å²) in [5.74, 6) is 0.261. The van der Waals surface area contributed by atoms with Gasteiger partial charge in [0.05, 0.1) is 0 Å². The van der Waals surface area contributed by atoms with Crippen LogP contribution in [0.4, 0.5) is 0 Å². The zero-order valence-corrected chi connectivity index (χ0v) is 11.6. The first-order valence-corrected chi connectivity index (χ1v) is 6.68. The summed E-state index contributed by atoms with van der Waals surface area (Å²) in [6.07, 6.45) is 5.39. The fourth-order valence-electron chi connectivity index (χ4n) is 1.79. The van der Waals surface area contributed by atoms with Crippen LogP contribution in [-0.2, 0) is 17.6 Å². The summed E-state index contributed by atoms with van der Waals surface area (Å²) < 4.78 is 1.01. The number of pyridine rings is 1. The number of ketones is 1. The fourth-order valence-corrected chi connectivity index (χ4v) is 2.24. The van der Waals surface area contributed by atoms with Gasteiger partial charge in [0.1, 0.15) is 5.78 Å². The largest absolute Gasteiger partial charge is 0.299 e. The molecule has 92 valence electrons. The number of halogens is 1. The average molecular weight is 304 g/mol. The topological polar surface area (TPSA) is 30.0 Å². The normalized spacial score (nSPS) is 10.3. The lowest BCUT2D eigenvalue weighted by atomic mass is 10.0. The predicted molar refractivity (Wildman–Crippen MR) is 75.4 cm³/mol. The van der Waals surface area contributed by atoms with Crippen molar-refractivity contribution < 1.29 is 4.79 Å². The number of benzene rings is 1. The van der Waals surface area contributed by atoms with E-state index in [2.05, 4.69) is 20.9 Å². The van der Waals surface area contributed by atoms with E-state index >= 15 is 0 Å². The molecule has 0 aliphatic heterocycles. The van der Waals surface area contributed by atoms with Crippen LogP contribution < -0.4 is 0 Å².